The molecule has 0 radical (unpaired) electrons. The Morgan fingerprint density at radius 1 is 0.655 bits per heavy atom. The highest BCUT2D eigenvalue weighted by atomic mass is 14.9. The van der Waals surface area contributed by atoms with Gasteiger partial charge < -0.3 is 0 Å². The van der Waals surface area contributed by atoms with Crippen molar-refractivity contribution in [2.24, 2.45) is 43.8 Å². The summed E-state index contributed by atoms with van der Waals surface area (Å²) in [6, 6.07) is 0. The average Bonchev–Trinajstić information content (AvgIpc) is 2.87. The third-order valence-corrected chi connectivity index (χ3v) is 12.4. The molecule has 0 aromatic heterocycles. The summed E-state index contributed by atoms with van der Waals surface area (Å²) in [5.41, 5.74) is 2.14. The van der Waals surface area contributed by atoms with Crippen molar-refractivity contribution < 1.29 is 0 Å². The fraction of sp³-hybridized carbons (Fsp3) is 0.586. The van der Waals surface area contributed by atoms with Gasteiger partial charge in [-0.3, -0.25) is 0 Å². The van der Waals surface area contributed by atoms with Crippen LogP contribution >= 0.6 is 0 Å². The van der Waals surface area contributed by atoms with Crippen molar-refractivity contribution in [3.63, 3.8) is 0 Å². The third kappa shape index (κ3) is 1.50. The normalized spacial score (nSPS) is 59.0. The average molecular weight is 387 g/mol. The topological polar surface area (TPSA) is 0 Å². The maximum atomic E-state index is 2.66. The van der Waals surface area contributed by atoms with Gasteiger partial charge in [-0.2, -0.15) is 0 Å². The molecule has 0 aromatic rings. The standard InChI is InChI=1S/C29H38/c1-21-14-13-15-22-20-27(6)25(4)18-10-9-16-23(25,2)24(3)17-11-12-19-26(24,5)29(27,8)28(21,22)7/h9-19,22H,20H2,1-8H3. The van der Waals surface area contributed by atoms with Gasteiger partial charge in [-0.1, -0.05) is 121 Å². The minimum atomic E-state index is 0.0262. The second kappa shape index (κ2) is 5.01. The Labute approximate surface area is 178 Å². The van der Waals surface area contributed by atoms with Gasteiger partial charge in [0.15, 0.2) is 0 Å². The molecule has 0 heterocycles. The van der Waals surface area contributed by atoms with Crippen LogP contribution in [0.4, 0.5) is 0 Å². The van der Waals surface area contributed by atoms with Crippen LogP contribution in [0.15, 0.2) is 72.4 Å². The molecule has 5 aliphatic carbocycles. The van der Waals surface area contributed by atoms with E-state index in [9.17, 15) is 0 Å². The fourth-order valence-corrected chi connectivity index (χ4v) is 9.64. The molecule has 154 valence electrons. The number of hydrogen-bond donors (Lipinski definition) is 0. The molecule has 5 rings (SSSR count). The van der Waals surface area contributed by atoms with Gasteiger partial charge in [0.2, 0.25) is 0 Å². The van der Waals surface area contributed by atoms with Crippen LogP contribution in [0.3, 0.4) is 0 Å². The van der Waals surface area contributed by atoms with Gasteiger partial charge in [0.05, 0.1) is 0 Å². The van der Waals surface area contributed by atoms with Crippen molar-refractivity contribution in [1.29, 1.82) is 0 Å². The first kappa shape index (κ1) is 19.4. The van der Waals surface area contributed by atoms with Gasteiger partial charge in [-0.15, -0.1) is 0 Å². The molecule has 2 saturated carbocycles. The summed E-state index contributed by atoms with van der Waals surface area (Å²) in [5, 5.41) is 0. The van der Waals surface area contributed by atoms with E-state index in [-0.39, 0.29) is 37.9 Å². The molecule has 29 heavy (non-hydrogen) atoms. The molecule has 8 unspecified atom stereocenters. The maximum Gasteiger partial charge on any atom is 0.00475 e. The number of fused-ring (bicyclic) bond motifs is 8. The van der Waals surface area contributed by atoms with E-state index in [1.54, 1.807) is 5.57 Å². The highest BCUT2D eigenvalue weighted by molar-refractivity contribution is 5.49. The second-order valence-corrected chi connectivity index (χ2v) is 12.0. The van der Waals surface area contributed by atoms with Gasteiger partial charge in [-0.05, 0) is 30.1 Å². The Hall–Kier alpha value is -1.56. The van der Waals surface area contributed by atoms with Gasteiger partial charge in [0.1, 0.15) is 0 Å². The molecular formula is C29H38. The molecule has 0 spiro atoms. The minimum Gasteiger partial charge on any atom is -0.0805 e. The first-order valence-corrected chi connectivity index (χ1v) is 11.5. The first-order chi connectivity index (χ1) is 13.4. The molecule has 5 aliphatic rings. The van der Waals surface area contributed by atoms with Gasteiger partial charge >= 0.3 is 0 Å². The second-order valence-electron chi connectivity index (χ2n) is 12.0. The van der Waals surface area contributed by atoms with Crippen LogP contribution in [0.2, 0.25) is 0 Å². The molecule has 0 N–H and O–H groups in total. The first-order valence-electron chi connectivity index (χ1n) is 11.5. The Bertz CT molecular complexity index is 970. The summed E-state index contributed by atoms with van der Waals surface area (Å²) in [6.45, 7) is 20.5. The van der Waals surface area contributed by atoms with Crippen LogP contribution in [0.25, 0.3) is 0 Å². The van der Waals surface area contributed by atoms with Gasteiger partial charge in [0.25, 0.3) is 0 Å². The lowest BCUT2D eigenvalue weighted by Gasteiger charge is -2.79. The summed E-state index contributed by atoms with van der Waals surface area (Å²) < 4.78 is 0. The molecule has 0 saturated heterocycles. The van der Waals surface area contributed by atoms with E-state index in [1.807, 2.05) is 0 Å². The zero-order chi connectivity index (χ0) is 21.1. The lowest BCUT2D eigenvalue weighted by atomic mass is 9.24. The Kier molecular flexibility index (Phi) is 3.35. The SMILES string of the molecule is CC1=CC=CC2CC3(C)C4(C)C=CC=CC4(C)C4(C)C=CC=CC4(C)C3(C)C12C. The van der Waals surface area contributed by atoms with Crippen LogP contribution in [-0.2, 0) is 0 Å². The van der Waals surface area contributed by atoms with Crippen molar-refractivity contribution in [3.05, 3.63) is 72.4 Å². The van der Waals surface area contributed by atoms with Crippen LogP contribution in [0, 0.1) is 43.8 Å². The summed E-state index contributed by atoms with van der Waals surface area (Å²) in [5.74, 6) is 0.585. The van der Waals surface area contributed by atoms with Crippen LogP contribution in [-0.4, -0.2) is 0 Å². The van der Waals surface area contributed by atoms with Crippen LogP contribution in [0.5, 0.6) is 0 Å². The molecule has 0 aromatic carbocycles. The van der Waals surface area contributed by atoms with Crippen molar-refractivity contribution in [2.75, 3.05) is 0 Å². The maximum absolute atomic E-state index is 2.66. The predicted octanol–water partition coefficient (Wildman–Crippen LogP) is 7.83. The van der Waals surface area contributed by atoms with E-state index in [0.717, 1.165) is 0 Å². The quantitative estimate of drug-likeness (QED) is 0.398. The van der Waals surface area contributed by atoms with E-state index in [2.05, 4.69) is 122 Å². The van der Waals surface area contributed by atoms with Crippen molar-refractivity contribution in [2.45, 2.75) is 61.8 Å². The number of hydrogen-bond acceptors (Lipinski definition) is 0. The molecule has 0 heteroatoms. The lowest BCUT2D eigenvalue weighted by molar-refractivity contribution is -0.263. The largest absolute Gasteiger partial charge is 0.0805 e. The van der Waals surface area contributed by atoms with Crippen molar-refractivity contribution in [1.82, 2.24) is 0 Å². The zero-order valence-corrected chi connectivity index (χ0v) is 19.6. The highest BCUT2D eigenvalue weighted by Gasteiger charge is 2.84. The van der Waals surface area contributed by atoms with E-state index >= 15 is 0 Å². The molecular weight excluding hydrogens is 348 g/mol. The molecule has 0 nitrogen and oxygen atoms in total. The Morgan fingerprint density at radius 3 is 1.72 bits per heavy atom. The smallest absolute Gasteiger partial charge is 0.00475 e. The van der Waals surface area contributed by atoms with Crippen LogP contribution in [0.1, 0.15) is 61.8 Å². The summed E-state index contributed by atoms with van der Waals surface area (Å²) in [6.07, 6.45) is 28.0. The summed E-state index contributed by atoms with van der Waals surface area (Å²) in [7, 11) is 0. The summed E-state index contributed by atoms with van der Waals surface area (Å²) in [4.78, 5) is 0. The van der Waals surface area contributed by atoms with Gasteiger partial charge in [0, 0.05) is 27.1 Å². The summed E-state index contributed by atoms with van der Waals surface area (Å²) >= 11 is 0. The molecule has 0 aliphatic heterocycles. The highest BCUT2D eigenvalue weighted by Crippen LogP contribution is 2.89. The molecule has 2 fully saturated rings. The lowest BCUT2D eigenvalue weighted by Crippen LogP contribution is -2.74. The predicted molar refractivity (Wildman–Crippen MR) is 124 cm³/mol. The zero-order valence-electron chi connectivity index (χ0n) is 19.6. The van der Waals surface area contributed by atoms with Gasteiger partial charge in [-0.25, -0.2) is 0 Å². The van der Waals surface area contributed by atoms with Crippen LogP contribution < -0.4 is 0 Å². The Morgan fingerprint density at radius 2 is 1.14 bits per heavy atom. The fourth-order valence-electron chi connectivity index (χ4n) is 9.64. The van der Waals surface area contributed by atoms with E-state index in [4.69, 9.17) is 0 Å². The minimum absolute atomic E-state index is 0.0262. The number of rotatable bonds is 0. The van der Waals surface area contributed by atoms with E-state index in [0.29, 0.717) is 5.92 Å². The molecule has 0 amide bonds. The third-order valence-electron chi connectivity index (χ3n) is 12.4. The molecule has 8 atom stereocenters. The Balaban J connectivity index is 1.95. The van der Waals surface area contributed by atoms with E-state index < -0.39 is 0 Å². The number of allylic oxidation sites excluding steroid dienone is 12. The molecule has 0 bridgehead atoms. The van der Waals surface area contributed by atoms with E-state index in [1.165, 1.54) is 6.42 Å². The monoisotopic (exact) mass is 386 g/mol. The van der Waals surface area contributed by atoms with Crippen molar-refractivity contribution in [3.8, 4) is 0 Å². The van der Waals surface area contributed by atoms with Crippen molar-refractivity contribution >= 4 is 0 Å².